The summed E-state index contributed by atoms with van der Waals surface area (Å²) in [6, 6.07) is 0. The standard InChI is InChI=1S/C57H98O6/c1-4-7-10-13-16-19-22-24-26-28-29-30-32-33-35-38-41-44-47-50-56(59)62-53-54(52-61-55(58)49-46-43-40-37-21-18-15-12-9-6-3)63-57(60)51-48-45-42-39-36-34-31-27-25-23-20-17-14-11-8-5-2/h7,10,16,19,24,26-27,29-31,34,36,54H,4-6,8-9,11-15,17-18,20-23,25,28,32-33,35,37-53H2,1-3H3/b10-7-,19-16-,26-24-,30-29-,31-27-,36-34-. The second-order valence-corrected chi connectivity index (χ2v) is 17.4. The van der Waals surface area contributed by atoms with Crippen LogP contribution < -0.4 is 0 Å². The summed E-state index contributed by atoms with van der Waals surface area (Å²) in [5, 5.41) is 0. The molecule has 0 spiro atoms. The molecule has 0 N–H and O–H groups in total. The Hall–Kier alpha value is -3.15. The summed E-state index contributed by atoms with van der Waals surface area (Å²) in [5.41, 5.74) is 0. The van der Waals surface area contributed by atoms with Crippen LogP contribution in [0.1, 0.15) is 252 Å². The maximum Gasteiger partial charge on any atom is 0.306 e. The first-order valence-corrected chi connectivity index (χ1v) is 26.5. The van der Waals surface area contributed by atoms with E-state index in [9.17, 15) is 14.4 Å². The molecule has 0 fully saturated rings. The quantitative estimate of drug-likeness (QED) is 0.0199. The number of esters is 3. The highest BCUT2D eigenvalue weighted by Crippen LogP contribution is 2.14. The van der Waals surface area contributed by atoms with Gasteiger partial charge in [-0.25, -0.2) is 0 Å². The maximum absolute atomic E-state index is 12.8. The molecule has 1 atom stereocenters. The molecular weight excluding hydrogens is 781 g/mol. The Bertz CT molecular complexity index is 1190. The van der Waals surface area contributed by atoms with E-state index in [4.69, 9.17) is 14.2 Å². The Labute approximate surface area is 389 Å². The van der Waals surface area contributed by atoms with Gasteiger partial charge in [-0.3, -0.25) is 14.4 Å². The molecule has 1 unspecified atom stereocenters. The van der Waals surface area contributed by atoms with Gasteiger partial charge in [-0.15, -0.1) is 0 Å². The van der Waals surface area contributed by atoms with Gasteiger partial charge >= 0.3 is 17.9 Å². The highest BCUT2D eigenvalue weighted by atomic mass is 16.6. The molecule has 0 aliphatic carbocycles. The van der Waals surface area contributed by atoms with Crippen molar-refractivity contribution in [2.45, 2.75) is 258 Å². The highest BCUT2D eigenvalue weighted by molar-refractivity contribution is 5.71. The fourth-order valence-corrected chi connectivity index (χ4v) is 7.25. The number of ether oxygens (including phenoxy) is 3. The van der Waals surface area contributed by atoms with Gasteiger partial charge in [0.2, 0.25) is 0 Å². The zero-order chi connectivity index (χ0) is 45.8. The van der Waals surface area contributed by atoms with Crippen LogP contribution in [0.25, 0.3) is 0 Å². The zero-order valence-corrected chi connectivity index (χ0v) is 41.3. The summed E-state index contributed by atoms with van der Waals surface area (Å²) in [7, 11) is 0. The van der Waals surface area contributed by atoms with E-state index in [2.05, 4.69) is 93.7 Å². The average molecular weight is 879 g/mol. The second kappa shape index (κ2) is 51.5. The van der Waals surface area contributed by atoms with Crippen LogP contribution in [0.15, 0.2) is 72.9 Å². The van der Waals surface area contributed by atoms with Gasteiger partial charge in [-0.05, 0) is 83.5 Å². The lowest BCUT2D eigenvalue weighted by atomic mass is 10.1. The Kier molecular flexibility index (Phi) is 48.9. The molecule has 0 bridgehead atoms. The molecule has 362 valence electrons. The molecule has 63 heavy (non-hydrogen) atoms. The Balaban J connectivity index is 4.40. The predicted molar refractivity (Wildman–Crippen MR) is 270 cm³/mol. The van der Waals surface area contributed by atoms with Crippen molar-refractivity contribution in [3.63, 3.8) is 0 Å². The van der Waals surface area contributed by atoms with Crippen molar-refractivity contribution in [3.05, 3.63) is 72.9 Å². The van der Waals surface area contributed by atoms with Crippen LogP contribution in [0.4, 0.5) is 0 Å². The van der Waals surface area contributed by atoms with Crippen LogP contribution in [-0.2, 0) is 28.6 Å². The van der Waals surface area contributed by atoms with Crippen molar-refractivity contribution in [3.8, 4) is 0 Å². The molecule has 0 aromatic heterocycles. The Morgan fingerprint density at radius 3 is 1.08 bits per heavy atom. The molecule has 0 rings (SSSR count). The Morgan fingerprint density at radius 2 is 0.667 bits per heavy atom. The lowest BCUT2D eigenvalue weighted by molar-refractivity contribution is -0.167. The summed E-state index contributed by atoms with van der Waals surface area (Å²) in [5.74, 6) is -0.929. The molecule has 0 saturated carbocycles. The lowest BCUT2D eigenvalue weighted by Crippen LogP contribution is -2.30. The van der Waals surface area contributed by atoms with Crippen LogP contribution >= 0.6 is 0 Å². The minimum absolute atomic E-state index is 0.0895. The molecule has 0 saturated heterocycles. The van der Waals surface area contributed by atoms with Crippen LogP contribution in [0.3, 0.4) is 0 Å². The number of carbonyl (C=O) groups excluding carboxylic acids is 3. The van der Waals surface area contributed by atoms with Gasteiger partial charge in [-0.2, -0.15) is 0 Å². The predicted octanol–water partition coefficient (Wildman–Crippen LogP) is 17.4. The SMILES string of the molecule is CC/C=C\C/C=C\C/C=C\C/C=C\CCCCCCCCC(=O)OCC(COC(=O)CCCCCCCCCCCC)OC(=O)CCCCC/C=C\C=C/CCCCCCCCC. The van der Waals surface area contributed by atoms with Gasteiger partial charge in [0.1, 0.15) is 13.2 Å². The number of carbonyl (C=O) groups is 3. The third kappa shape index (κ3) is 49.7. The fourth-order valence-electron chi connectivity index (χ4n) is 7.25. The smallest absolute Gasteiger partial charge is 0.306 e. The molecule has 0 radical (unpaired) electrons. The second-order valence-electron chi connectivity index (χ2n) is 17.4. The molecule has 0 aromatic carbocycles. The number of allylic oxidation sites excluding steroid dienone is 12. The molecule has 0 aliphatic heterocycles. The molecular formula is C57H98O6. The van der Waals surface area contributed by atoms with E-state index in [0.29, 0.717) is 19.3 Å². The first-order chi connectivity index (χ1) is 31.0. The summed E-state index contributed by atoms with van der Waals surface area (Å²) in [6.07, 6.45) is 64.6. The van der Waals surface area contributed by atoms with Gasteiger partial charge in [0.05, 0.1) is 0 Å². The Morgan fingerprint density at radius 1 is 0.349 bits per heavy atom. The van der Waals surface area contributed by atoms with Gasteiger partial charge in [-0.1, -0.05) is 222 Å². The maximum atomic E-state index is 12.8. The zero-order valence-electron chi connectivity index (χ0n) is 41.3. The molecule has 0 heterocycles. The first-order valence-electron chi connectivity index (χ1n) is 26.5. The van der Waals surface area contributed by atoms with Crippen molar-refractivity contribution in [2.75, 3.05) is 13.2 Å². The summed E-state index contributed by atoms with van der Waals surface area (Å²) >= 11 is 0. The molecule has 0 aliphatic rings. The average Bonchev–Trinajstić information content (AvgIpc) is 3.28. The van der Waals surface area contributed by atoms with E-state index in [1.54, 1.807) is 0 Å². The molecule has 6 heteroatoms. The molecule has 0 aromatic rings. The topological polar surface area (TPSA) is 78.9 Å². The summed E-state index contributed by atoms with van der Waals surface area (Å²) in [4.78, 5) is 37.9. The van der Waals surface area contributed by atoms with E-state index < -0.39 is 6.10 Å². The molecule has 6 nitrogen and oxygen atoms in total. The number of hydrogen-bond acceptors (Lipinski definition) is 6. The van der Waals surface area contributed by atoms with Crippen molar-refractivity contribution < 1.29 is 28.6 Å². The van der Waals surface area contributed by atoms with Gasteiger partial charge in [0, 0.05) is 19.3 Å². The van der Waals surface area contributed by atoms with Crippen molar-refractivity contribution in [1.82, 2.24) is 0 Å². The van der Waals surface area contributed by atoms with E-state index in [1.807, 2.05) is 0 Å². The lowest BCUT2D eigenvalue weighted by Gasteiger charge is -2.18. The van der Waals surface area contributed by atoms with Gasteiger partial charge in [0.15, 0.2) is 6.10 Å². The van der Waals surface area contributed by atoms with Crippen molar-refractivity contribution in [2.24, 2.45) is 0 Å². The van der Waals surface area contributed by atoms with E-state index in [0.717, 1.165) is 103 Å². The van der Waals surface area contributed by atoms with Crippen LogP contribution in [0.5, 0.6) is 0 Å². The third-order valence-electron chi connectivity index (χ3n) is 11.2. The molecule has 0 amide bonds. The highest BCUT2D eigenvalue weighted by Gasteiger charge is 2.19. The first kappa shape index (κ1) is 59.9. The largest absolute Gasteiger partial charge is 0.462 e. The minimum Gasteiger partial charge on any atom is -0.462 e. The fraction of sp³-hybridized carbons (Fsp3) is 0.737. The monoisotopic (exact) mass is 879 g/mol. The summed E-state index contributed by atoms with van der Waals surface area (Å²) < 4.78 is 16.8. The van der Waals surface area contributed by atoms with Crippen molar-refractivity contribution >= 4 is 17.9 Å². The van der Waals surface area contributed by atoms with Crippen LogP contribution in [-0.4, -0.2) is 37.2 Å². The van der Waals surface area contributed by atoms with Crippen LogP contribution in [0, 0.1) is 0 Å². The van der Waals surface area contributed by atoms with Gasteiger partial charge < -0.3 is 14.2 Å². The number of unbranched alkanes of at least 4 members (excludes halogenated alkanes) is 25. The third-order valence-corrected chi connectivity index (χ3v) is 11.2. The normalized spacial score (nSPS) is 12.6. The van der Waals surface area contributed by atoms with Gasteiger partial charge in [0.25, 0.3) is 0 Å². The summed E-state index contributed by atoms with van der Waals surface area (Å²) in [6.45, 7) is 6.48. The van der Waals surface area contributed by atoms with E-state index in [-0.39, 0.29) is 31.1 Å². The van der Waals surface area contributed by atoms with E-state index in [1.165, 1.54) is 109 Å². The van der Waals surface area contributed by atoms with E-state index >= 15 is 0 Å². The minimum atomic E-state index is -0.793. The number of rotatable bonds is 47. The van der Waals surface area contributed by atoms with Crippen LogP contribution in [0.2, 0.25) is 0 Å². The van der Waals surface area contributed by atoms with Crippen molar-refractivity contribution in [1.29, 1.82) is 0 Å². The number of hydrogen-bond donors (Lipinski definition) is 0.